The summed E-state index contributed by atoms with van der Waals surface area (Å²) in [7, 11) is 0. The molecule has 3 heteroatoms. The number of rotatable bonds is 6. The van der Waals surface area contributed by atoms with Crippen molar-refractivity contribution < 1.29 is 4.39 Å². The van der Waals surface area contributed by atoms with Crippen LogP contribution in [0.4, 0.5) is 4.39 Å². The molecule has 0 saturated carbocycles. The molecule has 0 radical (unpaired) electrons. The van der Waals surface area contributed by atoms with Gasteiger partial charge in [-0.15, -0.1) is 0 Å². The van der Waals surface area contributed by atoms with E-state index in [1.165, 1.54) is 11.6 Å². The second kappa shape index (κ2) is 7.55. The lowest BCUT2D eigenvalue weighted by molar-refractivity contribution is 0.508. The van der Waals surface area contributed by atoms with E-state index in [9.17, 15) is 4.39 Å². The summed E-state index contributed by atoms with van der Waals surface area (Å²) in [6.45, 7) is 2.94. The minimum absolute atomic E-state index is 0.158. The Morgan fingerprint density at radius 1 is 1.10 bits per heavy atom. The van der Waals surface area contributed by atoms with E-state index in [-0.39, 0.29) is 11.9 Å². The lowest BCUT2D eigenvalue weighted by Crippen LogP contribution is -2.22. The van der Waals surface area contributed by atoms with Gasteiger partial charge in [-0.05, 0) is 52.5 Å². The second-order valence-corrected chi connectivity index (χ2v) is 5.57. The molecule has 0 aliphatic carbocycles. The first-order valence-corrected chi connectivity index (χ1v) is 7.73. The average Bonchev–Trinajstić information content (AvgIpc) is 2.48. The fourth-order valence-electron chi connectivity index (χ4n) is 2.36. The molecule has 0 aromatic heterocycles. The molecule has 106 valence electrons. The molecule has 1 N–H and O–H groups in total. The van der Waals surface area contributed by atoms with E-state index in [0.29, 0.717) is 4.47 Å². The third-order valence-electron chi connectivity index (χ3n) is 3.37. The van der Waals surface area contributed by atoms with Crippen LogP contribution in [-0.2, 0) is 6.42 Å². The van der Waals surface area contributed by atoms with Crippen LogP contribution < -0.4 is 5.32 Å². The van der Waals surface area contributed by atoms with E-state index in [1.54, 1.807) is 6.07 Å². The summed E-state index contributed by atoms with van der Waals surface area (Å²) < 4.78 is 14.2. The van der Waals surface area contributed by atoms with E-state index < -0.39 is 0 Å². The Hall–Kier alpha value is -1.19. The average molecular weight is 336 g/mol. The van der Waals surface area contributed by atoms with Gasteiger partial charge in [0.2, 0.25) is 0 Å². The molecule has 2 rings (SSSR count). The first-order valence-electron chi connectivity index (χ1n) is 6.93. The molecule has 0 fully saturated rings. The van der Waals surface area contributed by atoms with Crippen molar-refractivity contribution in [2.45, 2.75) is 25.8 Å². The van der Waals surface area contributed by atoms with Gasteiger partial charge in [-0.2, -0.15) is 0 Å². The molecule has 1 atom stereocenters. The first kappa shape index (κ1) is 15.2. The van der Waals surface area contributed by atoms with Gasteiger partial charge in [0, 0.05) is 6.04 Å². The van der Waals surface area contributed by atoms with Crippen LogP contribution in [0.2, 0.25) is 0 Å². The monoisotopic (exact) mass is 335 g/mol. The SMILES string of the molecule is CCNC(CCc1ccccc1)c1cccc(F)c1Br. The fourth-order valence-corrected chi connectivity index (χ4v) is 2.90. The minimum Gasteiger partial charge on any atom is -0.310 e. The van der Waals surface area contributed by atoms with Gasteiger partial charge < -0.3 is 5.32 Å². The Morgan fingerprint density at radius 3 is 2.55 bits per heavy atom. The van der Waals surface area contributed by atoms with Crippen LogP contribution in [0, 0.1) is 5.82 Å². The van der Waals surface area contributed by atoms with Gasteiger partial charge in [0.05, 0.1) is 4.47 Å². The summed E-state index contributed by atoms with van der Waals surface area (Å²) in [6.07, 6.45) is 1.92. The molecule has 0 aliphatic rings. The molecule has 1 nitrogen and oxygen atoms in total. The van der Waals surface area contributed by atoms with Crippen LogP contribution in [0.3, 0.4) is 0 Å². The fraction of sp³-hybridized carbons (Fsp3) is 0.294. The molecular weight excluding hydrogens is 317 g/mol. The molecule has 0 bridgehead atoms. The zero-order valence-corrected chi connectivity index (χ0v) is 13.2. The van der Waals surface area contributed by atoms with E-state index in [2.05, 4.69) is 52.4 Å². The van der Waals surface area contributed by atoms with Crippen LogP contribution in [0.1, 0.15) is 30.5 Å². The standard InChI is InChI=1S/C17H19BrFN/c1-2-20-16(12-11-13-7-4-3-5-8-13)14-9-6-10-15(19)17(14)18/h3-10,16,20H,2,11-12H2,1H3. The summed E-state index contributed by atoms with van der Waals surface area (Å²) in [4.78, 5) is 0. The van der Waals surface area contributed by atoms with Gasteiger partial charge in [-0.1, -0.05) is 49.4 Å². The van der Waals surface area contributed by atoms with Gasteiger partial charge in [0.15, 0.2) is 0 Å². The lowest BCUT2D eigenvalue weighted by atomic mass is 9.99. The van der Waals surface area contributed by atoms with Gasteiger partial charge in [0.1, 0.15) is 5.82 Å². The normalized spacial score (nSPS) is 12.3. The number of aryl methyl sites for hydroxylation is 1. The Bertz CT molecular complexity index is 542. The third kappa shape index (κ3) is 3.90. The molecule has 2 aromatic carbocycles. The number of halogens is 2. The number of hydrogen-bond acceptors (Lipinski definition) is 1. The van der Waals surface area contributed by atoms with Crippen molar-refractivity contribution in [1.29, 1.82) is 0 Å². The molecular formula is C17H19BrFN. The molecule has 20 heavy (non-hydrogen) atoms. The largest absolute Gasteiger partial charge is 0.310 e. The van der Waals surface area contributed by atoms with Crippen LogP contribution in [0.25, 0.3) is 0 Å². The molecule has 0 saturated heterocycles. The molecule has 0 aliphatic heterocycles. The van der Waals surface area contributed by atoms with Crippen molar-refractivity contribution in [3.63, 3.8) is 0 Å². The number of nitrogens with one attached hydrogen (secondary N) is 1. The van der Waals surface area contributed by atoms with Crippen LogP contribution in [0.15, 0.2) is 53.0 Å². The van der Waals surface area contributed by atoms with Crippen LogP contribution in [0.5, 0.6) is 0 Å². The Balaban J connectivity index is 2.12. The summed E-state index contributed by atoms with van der Waals surface area (Å²) in [5.74, 6) is -0.204. The lowest BCUT2D eigenvalue weighted by Gasteiger charge is -2.20. The summed E-state index contributed by atoms with van der Waals surface area (Å²) >= 11 is 3.36. The van der Waals surface area contributed by atoms with Gasteiger partial charge in [-0.25, -0.2) is 4.39 Å². The highest BCUT2D eigenvalue weighted by molar-refractivity contribution is 9.10. The van der Waals surface area contributed by atoms with Crippen LogP contribution in [-0.4, -0.2) is 6.54 Å². The summed E-state index contributed by atoms with van der Waals surface area (Å²) in [5.41, 5.74) is 2.30. The van der Waals surface area contributed by atoms with Crippen molar-refractivity contribution >= 4 is 15.9 Å². The van der Waals surface area contributed by atoms with Crippen LogP contribution >= 0.6 is 15.9 Å². The van der Waals surface area contributed by atoms with E-state index in [1.807, 2.05) is 12.1 Å². The van der Waals surface area contributed by atoms with E-state index in [4.69, 9.17) is 0 Å². The maximum absolute atomic E-state index is 13.7. The Labute approximate surface area is 128 Å². The molecule has 0 spiro atoms. The van der Waals surface area contributed by atoms with Crippen molar-refractivity contribution in [3.05, 3.63) is 69.9 Å². The van der Waals surface area contributed by atoms with Crippen molar-refractivity contribution in [2.75, 3.05) is 6.54 Å². The van der Waals surface area contributed by atoms with Crippen molar-refractivity contribution in [3.8, 4) is 0 Å². The second-order valence-electron chi connectivity index (χ2n) is 4.78. The molecule has 1 unspecified atom stereocenters. The predicted octanol–water partition coefficient (Wildman–Crippen LogP) is 4.87. The maximum Gasteiger partial charge on any atom is 0.137 e. The Kier molecular flexibility index (Phi) is 5.74. The molecule has 0 heterocycles. The predicted molar refractivity (Wildman–Crippen MR) is 85.3 cm³/mol. The third-order valence-corrected chi connectivity index (χ3v) is 4.21. The highest BCUT2D eigenvalue weighted by atomic mass is 79.9. The number of hydrogen-bond donors (Lipinski definition) is 1. The van der Waals surface area contributed by atoms with Crippen molar-refractivity contribution in [2.24, 2.45) is 0 Å². The van der Waals surface area contributed by atoms with E-state index in [0.717, 1.165) is 24.9 Å². The van der Waals surface area contributed by atoms with Gasteiger partial charge in [-0.3, -0.25) is 0 Å². The highest BCUT2D eigenvalue weighted by Gasteiger charge is 2.15. The zero-order chi connectivity index (χ0) is 14.4. The maximum atomic E-state index is 13.7. The quantitative estimate of drug-likeness (QED) is 0.793. The smallest absolute Gasteiger partial charge is 0.137 e. The van der Waals surface area contributed by atoms with Gasteiger partial charge in [0.25, 0.3) is 0 Å². The minimum atomic E-state index is -0.204. The highest BCUT2D eigenvalue weighted by Crippen LogP contribution is 2.28. The first-order chi connectivity index (χ1) is 9.72. The zero-order valence-electron chi connectivity index (χ0n) is 11.6. The molecule has 0 amide bonds. The van der Waals surface area contributed by atoms with Gasteiger partial charge >= 0.3 is 0 Å². The summed E-state index contributed by atoms with van der Waals surface area (Å²) in [6, 6.07) is 15.8. The molecule has 2 aromatic rings. The topological polar surface area (TPSA) is 12.0 Å². The Morgan fingerprint density at radius 2 is 1.85 bits per heavy atom. The number of benzene rings is 2. The van der Waals surface area contributed by atoms with E-state index >= 15 is 0 Å². The van der Waals surface area contributed by atoms with Crippen molar-refractivity contribution in [1.82, 2.24) is 5.32 Å². The summed E-state index contributed by atoms with van der Waals surface area (Å²) in [5, 5.41) is 3.44.